The van der Waals surface area contributed by atoms with E-state index in [1.165, 1.54) is 0 Å². The number of likely N-dealkylation sites (N-methyl/N-ethyl adjacent to an activating group) is 1. The van der Waals surface area contributed by atoms with Crippen LogP contribution < -0.4 is 5.32 Å². The zero-order valence-corrected chi connectivity index (χ0v) is 12.1. The van der Waals surface area contributed by atoms with Crippen LogP contribution in [0.1, 0.15) is 6.92 Å². The molecule has 0 saturated carbocycles. The van der Waals surface area contributed by atoms with Gasteiger partial charge in [-0.05, 0) is 6.92 Å². The van der Waals surface area contributed by atoms with Crippen molar-refractivity contribution in [1.29, 1.82) is 0 Å². The molecule has 0 radical (unpaired) electrons. The summed E-state index contributed by atoms with van der Waals surface area (Å²) in [7, 11) is 4.12. The standard InChI is InChI=1S/C13H23N3O3/c1-11(2)12(17)19-10-9-16(3,4)8-7-15-6-5-14-13(15)18/h1,5-10H2,2-4H3/p+1. The summed E-state index contributed by atoms with van der Waals surface area (Å²) in [5, 5.41) is 2.78. The number of carbonyl (C=O) groups excluding carboxylic acids is 2. The summed E-state index contributed by atoms with van der Waals surface area (Å²) in [5.74, 6) is -0.348. The fourth-order valence-corrected chi connectivity index (χ4v) is 1.74. The molecule has 0 aliphatic carbocycles. The van der Waals surface area contributed by atoms with Crippen LogP contribution in [-0.4, -0.2) is 74.8 Å². The number of quaternary nitrogens is 1. The SMILES string of the molecule is C=C(C)C(=O)OCC[N+](C)(C)CCN1CCNC1=O. The number of nitrogens with one attached hydrogen (secondary N) is 1. The maximum absolute atomic E-state index is 11.4. The van der Waals surface area contributed by atoms with E-state index in [1.807, 2.05) is 0 Å². The van der Waals surface area contributed by atoms with E-state index in [1.54, 1.807) is 11.8 Å². The van der Waals surface area contributed by atoms with E-state index < -0.39 is 0 Å². The largest absolute Gasteiger partial charge is 0.456 e. The third-order valence-corrected chi connectivity index (χ3v) is 3.20. The van der Waals surface area contributed by atoms with Crippen LogP contribution >= 0.6 is 0 Å². The van der Waals surface area contributed by atoms with E-state index in [0.29, 0.717) is 29.8 Å². The summed E-state index contributed by atoms with van der Waals surface area (Å²) in [4.78, 5) is 24.5. The van der Waals surface area contributed by atoms with E-state index >= 15 is 0 Å². The van der Waals surface area contributed by atoms with Gasteiger partial charge in [0.1, 0.15) is 13.2 Å². The van der Waals surface area contributed by atoms with Gasteiger partial charge in [0.05, 0.1) is 27.2 Å². The van der Waals surface area contributed by atoms with E-state index in [-0.39, 0.29) is 12.0 Å². The molecule has 0 aromatic heterocycles. The summed E-state index contributed by atoms with van der Waals surface area (Å²) >= 11 is 0. The van der Waals surface area contributed by atoms with E-state index in [0.717, 1.165) is 19.6 Å². The second-order valence-corrected chi connectivity index (χ2v) is 5.52. The minimum absolute atomic E-state index is 0.00806. The first-order chi connectivity index (χ1) is 8.82. The van der Waals surface area contributed by atoms with Gasteiger partial charge in [0, 0.05) is 18.7 Å². The van der Waals surface area contributed by atoms with E-state index in [9.17, 15) is 9.59 Å². The highest BCUT2D eigenvalue weighted by Gasteiger charge is 2.23. The molecule has 0 aromatic rings. The Kier molecular flexibility index (Phi) is 5.35. The molecular formula is C13H24N3O3+. The molecule has 1 rings (SSSR count). The van der Waals surface area contributed by atoms with Crippen molar-refractivity contribution in [1.82, 2.24) is 10.2 Å². The number of rotatable bonds is 7. The Morgan fingerprint density at radius 2 is 2.16 bits per heavy atom. The van der Waals surface area contributed by atoms with Crippen LogP contribution in [0.25, 0.3) is 0 Å². The first-order valence-corrected chi connectivity index (χ1v) is 6.49. The minimum Gasteiger partial charge on any atom is -0.456 e. The smallest absolute Gasteiger partial charge is 0.333 e. The third kappa shape index (κ3) is 5.30. The number of esters is 1. The first-order valence-electron chi connectivity index (χ1n) is 6.49. The molecule has 0 aromatic carbocycles. The number of amides is 2. The minimum atomic E-state index is -0.348. The molecule has 0 bridgehead atoms. The summed E-state index contributed by atoms with van der Waals surface area (Å²) in [5.41, 5.74) is 0.416. The van der Waals surface area contributed by atoms with Crippen molar-refractivity contribution in [3.63, 3.8) is 0 Å². The highest BCUT2D eigenvalue weighted by atomic mass is 16.5. The molecule has 19 heavy (non-hydrogen) atoms. The highest BCUT2D eigenvalue weighted by Crippen LogP contribution is 2.02. The Morgan fingerprint density at radius 3 is 2.68 bits per heavy atom. The molecule has 1 saturated heterocycles. The number of carbonyl (C=O) groups is 2. The van der Waals surface area contributed by atoms with Crippen LogP contribution in [0.2, 0.25) is 0 Å². The van der Waals surface area contributed by atoms with E-state index in [4.69, 9.17) is 4.74 Å². The quantitative estimate of drug-likeness (QED) is 0.409. The normalized spacial score (nSPS) is 15.3. The number of nitrogens with zero attached hydrogens (tertiary/aromatic N) is 2. The second-order valence-electron chi connectivity index (χ2n) is 5.52. The lowest BCUT2D eigenvalue weighted by atomic mass is 10.3. The van der Waals surface area contributed by atoms with Gasteiger partial charge in [-0.1, -0.05) is 6.58 Å². The third-order valence-electron chi connectivity index (χ3n) is 3.20. The Morgan fingerprint density at radius 1 is 1.47 bits per heavy atom. The Bertz CT molecular complexity index is 366. The number of hydrogen-bond acceptors (Lipinski definition) is 3. The van der Waals surface area contributed by atoms with Gasteiger partial charge in [-0.25, -0.2) is 9.59 Å². The molecule has 1 N–H and O–H groups in total. The van der Waals surface area contributed by atoms with Crippen molar-refractivity contribution in [2.75, 3.05) is 53.4 Å². The summed E-state index contributed by atoms with van der Waals surface area (Å²) in [6.45, 7) is 9.29. The van der Waals surface area contributed by atoms with Gasteiger partial charge in [0.15, 0.2) is 0 Å². The average Bonchev–Trinajstić information content (AvgIpc) is 2.72. The highest BCUT2D eigenvalue weighted by molar-refractivity contribution is 5.86. The summed E-state index contributed by atoms with van der Waals surface area (Å²) < 4.78 is 5.79. The zero-order chi connectivity index (χ0) is 14.5. The van der Waals surface area contributed by atoms with Gasteiger partial charge < -0.3 is 19.4 Å². The van der Waals surface area contributed by atoms with Crippen molar-refractivity contribution in [2.24, 2.45) is 0 Å². The zero-order valence-electron chi connectivity index (χ0n) is 12.1. The fourth-order valence-electron chi connectivity index (χ4n) is 1.74. The first kappa shape index (κ1) is 15.5. The van der Waals surface area contributed by atoms with Crippen LogP contribution in [0, 0.1) is 0 Å². The second kappa shape index (κ2) is 6.56. The predicted octanol–water partition coefficient (Wildman–Crippen LogP) is 0.207. The molecule has 0 spiro atoms. The van der Waals surface area contributed by atoms with Crippen molar-refractivity contribution >= 4 is 12.0 Å². The monoisotopic (exact) mass is 270 g/mol. The number of hydrogen-bond donors (Lipinski definition) is 1. The average molecular weight is 270 g/mol. The lowest BCUT2D eigenvalue weighted by Gasteiger charge is -2.31. The van der Waals surface area contributed by atoms with Crippen molar-refractivity contribution < 1.29 is 18.8 Å². The van der Waals surface area contributed by atoms with Gasteiger partial charge >= 0.3 is 12.0 Å². The van der Waals surface area contributed by atoms with Gasteiger partial charge in [-0.2, -0.15) is 0 Å². The van der Waals surface area contributed by atoms with E-state index in [2.05, 4.69) is 26.0 Å². The molecule has 6 nitrogen and oxygen atoms in total. The molecule has 1 fully saturated rings. The lowest BCUT2D eigenvalue weighted by molar-refractivity contribution is -0.889. The molecular weight excluding hydrogens is 246 g/mol. The molecule has 108 valence electrons. The van der Waals surface area contributed by atoms with Crippen molar-refractivity contribution in [3.05, 3.63) is 12.2 Å². The molecule has 0 unspecified atom stereocenters. The van der Waals surface area contributed by atoms with Crippen LogP contribution in [0.3, 0.4) is 0 Å². The van der Waals surface area contributed by atoms with Crippen molar-refractivity contribution in [3.8, 4) is 0 Å². The predicted molar refractivity (Wildman–Crippen MR) is 72.6 cm³/mol. The number of ether oxygens (including phenoxy) is 1. The fraction of sp³-hybridized carbons (Fsp3) is 0.692. The summed E-state index contributed by atoms with van der Waals surface area (Å²) in [6, 6.07) is 0.00806. The van der Waals surface area contributed by atoms with Gasteiger partial charge in [0.2, 0.25) is 0 Å². The van der Waals surface area contributed by atoms with Crippen molar-refractivity contribution in [2.45, 2.75) is 6.92 Å². The molecule has 1 aliphatic heterocycles. The lowest BCUT2D eigenvalue weighted by Crippen LogP contribution is -2.48. The van der Waals surface area contributed by atoms with Crippen LogP contribution in [0.4, 0.5) is 4.79 Å². The van der Waals surface area contributed by atoms with Gasteiger partial charge in [0.25, 0.3) is 0 Å². The Labute approximate surface area is 114 Å². The Balaban J connectivity index is 2.25. The maximum atomic E-state index is 11.4. The van der Waals surface area contributed by atoms with Gasteiger partial charge in [-0.15, -0.1) is 0 Å². The molecule has 1 aliphatic rings. The maximum Gasteiger partial charge on any atom is 0.333 e. The topological polar surface area (TPSA) is 58.6 Å². The Hall–Kier alpha value is -1.56. The van der Waals surface area contributed by atoms with Gasteiger partial charge in [-0.3, -0.25) is 0 Å². The molecule has 1 heterocycles. The number of urea groups is 1. The molecule has 6 heteroatoms. The molecule has 0 atom stereocenters. The van der Waals surface area contributed by atoms with Crippen LogP contribution in [0.5, 0.6) is 0 Å². The molecule has 2 amide bonds. The van der Waals surface area contributed by atoms with Crippen LogP contribution in [0.15, 0.2) is 12.2 Å². The summed E-state index contributed by atoms with van der Waals surface area (Å²) in [6.07, 6.45) is 0. The van der Waals surface area contributed by atoms with Crippen LogP contribution in [-0.2, 0) is 9.53 Å².